The van der Waals surface area contributed by atoms with E-state index in [0.717, 1.165) is 17.7 Å². The molecule has 1 unspecified atom stereocenters. The molecule has 2 heterocycles. The van der Waals surface area contributed by atoms with E-state index in [0.29, 0.717) is 17.8 Å². The Balaban J connectivity index is 1.76. The molecular formula is C19H21BrN2O3. The predicted molar refractivity (Wildman–Crippen MR) is 97.8 cm³/mol. The topological polar surface area (TPSA) is 53.8 Å². The van der Waals surface area contributed by atoms with Crippen LogP contribution in [0.4, 0.5) is 0 Å². The molecule has 6 heteroatoms. The van der Waals surface area contributed by atoms with E-state index in [2.05, 4.69) is 22.0 Å². The summed E-state index contributed by atoms with van der Waals surface area (Å²) in [5, 5.41) is 0. The van der Waals surface area contributed by atoms with Gasteiger partial charge in [0.15, 0.2) is 4.67 Å². The minimum absolute atomic E-state index is 0.00456. The van der Waals surface area contributed by atoms with Crippen molar-refractivity contribution >= 4 is 27.7 Å². The van der Waals surface area contributed by atoms with Crippen LogP contribution < -0.4 is 0 Å². The molecule has 0 radical (unpaired) electrons. The van der Waals surface area contributed by atoms with Crippen LogP contribution in [0.2, 0.25) is 0 Å². The summed E-state index contributed by atoms with van der Waals surface area (Å²) in [5.41, 5.74) is 2.29. The molecule has 132 valence electrons. The molecule has 1 aromatic heterocycles. The lowest BCUT2D eigenvalue weighted by atomic mass is 9.90. The highest BCUT2D eigenvalue weighted by Gasteiger charge is 2.31. The third-order valence-corrected chi connectivity index (χ3v) is 5.06. The third kappa shape index (κ3) is 3.95. The van der Waals surface area contributed by atoms with Gasteiger partial charge in [0.2, 0.25) is 11.8 Å². The van der Waals surface area contributed by atoms with Gasteiger partial charge >= 0.3 is 0 Å². The van der Waals surface area contributed by atoms with Crippen LogP contribution in [0.3, 0.4) is 0 Å². The quantitative estimate of drug-likeness (QED) is 0.782. The van der Waals surface area contributed by atoms with Crippen LogP contribution in [0.15, 0.2) is 45.5 Å². The molecule has 3 rings (SSSR count). The molecule has 5 nitrogen and oxygen atoms in total. The van der Waals surface area contributed by atoms with Gasteiger partial charge in [0.05, 0.1) is 19.0 Å². The minimum atomic E-state index is -0.208. The Morgan fingerprint density at radius 2 is 2.04 bits per heavy atom. The zero-order chi connectivity index (χ0) is 18.0. The standard InChI is InChI=1S/C19H21BrN2O3/c1-13(23)22-10-9-14-5-3-4-6-16(14)17(22)11-19(24)21(2)12-15-7-8-18(20)25-15/h3-8,17H,9-12H2,1-2H3. The monoisotopic (exact) mass is 404 g/mol. The summed E-state index contributed by atoms with van der Waals surface area (Å²) in [6.07, 6.45) is 1.10. The predicted octanol–water partition coefficient (Wildman–Crippen LogP) is 3.54. The molecule has 1 aliphatic heterocycles. The summed E-state index contributed by atoms with van der Waals surface area (Å²) < 4.78 is 6.11. The molecular weight excluding hydrogens is 384 g/mol. The normalized spacial score (nSPS) is 16.4. The lowest BCUT2D eigenvalue weighted by molar-refractivity contribution is -0.136. The molecule has 2 aromatic rings. The van der Waals surface area contributed by atoms with Crippen LogP contribution >= 0.6 is 15.9 Å². The molecule has 0 aliphatic carbocycles. The molecule has 25 heavy (non-hydrogen) atoms. The number of rotatable bonds is 4. The third-order valence-electron chi connectivity index (χ3n) is 4.63. The molecule has 1 aromatic carbocycles. The van der Waals surface area contributed by atoms with Crippen LogP contribution in [-0.2, 0) is 22.6 Å². The van der Waals surface area contributed by atoms with Gasteiger partial charge in [-0.1, -0.05) is 24.3 Å². The lowest BCUT2D eigenvalue weighted by Crippen LogP contribution is -2.41. The molecule has 0 N–H and O–H groups in total. The second-order valence-corrected chi connectivity index (χ2v) is 7.12. The Hall–Kier alpha value is -2.08. The van der Waals surface area contributed by atoms with Gasteiger partial charge in [0.25, 0.3) is 0 Å². The Kier molecular flexibility index (Phi) is 5.27. The van der Waals surface area contributed by atoms with E-state index in [1.165, 1.54) is 5.56 Å². The fourth-order valence-corrected chi connectivity index (χ4v) is 3.67. The Morgan fingerprint density at radius 1 is 1.28 bits per heavy atom. The summed E-state index contributed by atoms with van der Waals surface area (Å²) in [6.45, 7) is 2.62. The largest absolute Gasteiger partial charge is 0.452 e. The van der Waals surface area contributed by atoms with Gasteiger partial charge in [-0.3, -0.25) is 9.59 Å². The van der Waals surface area contributed by atoms with E-state index in [1.807, 2.05) is 30.3 Å². The second-order valence-electron chi connectivity index (χ2n) is 6.34. The van der Waals surface area contributed by atoms with Gasteiger partial charge in [0, 0.05) is 20.5 Å². The maximum absolute atomic E-state index is 12.7. The maximum Gasteiger partial charge on any atom is 0.225 e. The Labute approximate surface area is 155 Å². The molecule has 0 saturated heterocycles. The first-order valence-corrected chi connectivity index (χ1v) is 9.08. The molecule has 1 aliphatic rings. The van der Waals surface area contributed by atoms with Gasteiger partial charge in [-0.2, -0.15) is 0 Å². The average Bonchev–Trinajstić information content (AvgIpc) is 2.99. The molecule has 0 bridgehead atoms. The number of furan rings is 1. The van der Waals surface area contributed by atoms with E-state index in [4.69, 9.17) is 4.42 Å². The van der Waals surface area contributed by atoms with Crippen molar-refractivity contribution in [1.82, 2.24) is 9.80 Å². The number of hydrogen-bond donors (Lipinski definition) is 0. The smallest absolute Gasteiger partial charge is 0.225 e. The summed E-state index contributed by atoms with van der Waals surface area (Å²) in [5.74, 6) is 0.709. The van der Waals surface area contributed by atoms with Crippen molar-refractivity contribution in [3.05, 3.63) is 58.0 Å². The van der Waals surface area contributed by atoms with Crippen LogP contribution in [0, 0.1) is 0 Å². The highest BCUT2D eigenvalue weighted by molar-refractivity contribution is 9.10. The second kappa shape index (κ2) is 7.44. The SMILES string of the molecule is CC(=O)N1CCc2ccccc2C1CC(=O)N(C)Cc1ccc(Br)o1. The van der Waals surface area contributed by atoms with Crippen molar-refractivity contribution in [2.45, 2.75) is 32.4 Å². The highest BCUT2D eigenvalue weighted by atomic mass is 79.9. The number of amides is 2. The lowest BCUT2D eigenvalue weighted by Gasteiger charge is -2.37. The van der Waals surface area contributed by atoms with E-state index in [1.54, 1.807) is 23.8 Å². The zero-order valence-electron chi connectivity index (χ0n) is 14.4. The molecule has 0 fully saturated rings. The first-order valence-electron chi connectivity index (χ1n) is 8.29. The Bertz CT molecular complexity index is 786. The van der Waals surface area contributed by atoms with Crippen molar-refractivity contribution in [3.63, 3.8) is 0 Å². The zero-order valence-corrected chi connectivity index (χ0v) is 16.0. The van der Waals surface area contributed by atoms with Gasteiger partial charge in [0.1, 0.15) is 5.76 Å². The highest BCUT2D eigenvalue weighted by Crippen LogP contribution is 2.32. The van der Waals surface area contributed by atoms with Crippen LogP contribution in [0.25, 0.3) is 0 Å². The first-order chi connectivity index (χ1) is 12.0. The number of benzene rings is 1. The van der Waals surface area contributed by atoms with Gasteiger partial charge in [-0.05, 0) is 45.6 Å². The van der Waals surface area contributed by atoms with Crippen LogP contribution in [0.5, 0.6) is 0 Å². The van der Waals surface area contributed by atoms with E-state index in [-0.39, 0.29) is 24.3 Å². The van der Waals surface area contributed by atoms with E-state index in [9.17, 15) is 9.59 Å². The number of carbonyl (C=O) groups is 2. The van der Waals surface area contributed by atoms with Crippen LogP contribution in [0.1, 0.15) is 36.3 Å². The van der Waals surface area contributed by atoms with Crippen molar-refractivity contribution in [3.8, 4) is 0 Å². The van der Waals surface area contributed by atoms with Gasteiger partial charge in [-0.25, -0.2) is 0 Å². The number of nitrogens with zero attached hydrogens (tertiary/aromatic N) is 2. The summed E-state index contributed by atoms with van der Waals surface area (Å²) in [7, 11) is 1.76. The summed E-state index contributed by atoms with van der Waals surface area (Å²) in [6, 6.07) is 11.5. The number of halogens is 1. The maximum atomic E-state index is 12.7. The number of fused-ring (bicyclic) bond motifs is 1. The molecule has 0 spiro atoms. The fourth-order valence-electron chi connectivity index (χ4n) is 3.33. The number of hydrogen-bond acceptors (Lipinski definition) is 3. The molecule has 2 amide bonds. The summed E-state index contributed by atoms with van der Waals surface area (Å²) >= 11 is 3.27. The molecule has 0 saturated carbocycles. The minimum Gasteiger partial charge on any atom is -0.452 e. The van der Waals surface area contributed by atoms with Crippen LogP contribution in [-0.4, -0.2) is 35.2 Å². The summed E-state index contributed by atoms with van der Waals surface area (Å²) in [4.78, 5) is 28.2. The van der Waals surface area contributed by atoms with Gasteiger partial charge < -0.3 is 14.2 Å². The first kappa shape index (κ1) is 17.7. The van der Waals surface area contributed by atoms with Crippen molar-refractivity contribution in [2.75, 3.05) is 13.6 Å². The number of carbonyl (C=O) groups excluding carboxylic acids is 2. The van der Waals surface area contributed by atoms with Crippen molar-refractivity contribution < 1.29 is 14.0 Å². The van der Waals surface area contributed by atoms with E-state index >= 15 is 0 Å². The van der Waals surface area contributed by atoms with Crippen molar-refractivity contribution in [1.29, 1.82) is 0 Å². The Morgan fingerprint density at radius 3 is 2.72 bits per heavy atom. The van der Waals surface area contributed by atoms with Crippen molar-refractivity contribution in [2.24, 2.45) is 0 Å². The van der Waals surface area contributed by atoms with E-state index < -0.39 is 0 Å². The molecule has 1 atom stereocenters. The average molecular weight is 405 g/mol. The van der Waals surface area contributed by atoms with Gasteiger partial charge in [-0.15, -0.1) is 0 Å². The fraction of sp³-hybridized carbons (Fsp3) is 0.368.